The molecule has 0 saturated heterocycles. The number of hydrogen-bond donors (Lipinski definition) is 1. The van der Waals surface area contributed by atoms with Crippen molar-refractivity contribution in [3.63, 3.8) is 0 Å². The summed E-state index contributed by atoms with van der Waals surface area (Å²) in [6, 6.07) is 26.4. The first kappa shape index (κ1) is 19.8. The monoisotopic (exact) mass is 376 g/mol. The molecule has 1 N–H and O–H groups in total. The van der Waals surface area contributed by atoms with Gasteiger partial charge in [0.15, 0.2) is 5.78 Å². The minimum atomic E-state index is -0.849. The molecule has 0 spiro atoms. The highest BCUT2D eigenvalue weighted by Crippen LogP contribution is 2.24. The second-order valence-electron chi connectivity index (χ2n) is 6.59. The number of Topliss-reactive ketones (excluding diaryl/α,β-unsaturated/α-hetero) is 1. The number of aliphatic hydroxyl groups is 1. The van der Waals surface area contributed by atoms with Crippen molar-refractivity contribution in [3.05, 3.63) is 102 Å². The molecule has 144 valence electrons. The molecule has 0 fully saturated rings. The second kappa shape index (κ2) is 9.83. The Balaban J connectivity index is 1.65. The molecule has 4 heteroatoms. The molecule has 0 aliphatic rings. The fraction of sp³-hybridized carbons (Fsp3) is 0.208. The van der Waals surface area contributed by atoms with E-state index < -0.39 is 12.2 Å². The summed E-state index contributed by atoms with van der Waals surface area (Å²) in [6.45, 7) is 1.99. The Bertz CT molecular complexity index is 860. The van der Waals surface area contributed by atoms with Crippen LogP contribution in [0.4, 0.5) is 0 Å². The largest absolute Gasteiger partial charge is 0.491 e. The Morgan fingerprint density at radius 3 is 2.11 bits per heavy atom. The summed E-state index contributed by atoms with van der Waals surface area (Å²) < 4.78 is 11.8. The van der Waals surface area contributed by atoms with Crippen molar-refractivity contribution in [2.75, 3.05) is 6.61 Å². The molecule has 28 heavy (non-hydrogen) atoms. The van der Waals surface area contributed by atoms with E-state index in [0.717, 1.165) is 11.1 Å². The summed E-state index contributed by atoms with van der Waals surface area (Å²) in [5.74, 6) is 0.601. The number of carbonyl (C=O) groups is 1. The van der Waals surface area contributed by atoms with Crippen molar-refractivity contribution < 1.29 is 19.4 Å². The van der Waals surface area contributed by atoms with Gasteiger partial charge in [0, 0.05) is 5.56 Å². The quantitative estimate of drug-likeness (QED) is 0.555. The van der Waals surface area contributed by atoms with Gasteiger partial charge in [0.25, 0.3) is 0 Å². The number of carbonyl (C=O) groups excluding carboxylic acids is 1. The van der Waals surface area contributed by atoms with Gasteiger partial charge in [-0.1, -0.05) is 60.7 Å². The van der Waals surface area contributed by atoms with E-state index in [1.54, 1.807) is 24.3 Å². The van der Waals surface area contributed by atoms with Gasteiger partial charge in [-0.3, -0.25) is 4.79 Å². The minimum absolute atomic E-state index is 0.00467. The first-order valence-electron chi connectivity index (χ1n) is 9.26. The van der Waals surface area contributed by atoms with Crippen LogP contribution in [0.5, 0.6) is 5.75 Å². The number of hydrogen-bond acceptors (Lipinski definition) is 4. The van der Waals surface area contributed by atoms with Crippen molar-refractivity contribution in [2.24, 2.45) is 0 Å². The molecule has 2 atom stereocenters. The summed E-state index contributed by atoms with van der Waals surface area (Å²) in [7, 11) is 0. The lowest BCUT2D eigenvalue weighted by atomic mass is 10.0. The van der Waals surface area contributed by atoms with Gasteiger partial charge in [0.05, 0.1) is 6.61 Å². The molecule has 0 aliphatic carbocycles. The number of ketones is 1. The summed E-state index contributed by atoms with van der Waals surface area (Å²) in [5, 5.41) is 10.7. The number of ether oxygens (including phenoxy) is 2. The second-order valence-corrected chi connectivity index (χ2v) is 6.59. The summed E-state index contributed by atoms with van der Waals surface area (Å²) in [6.07, 6.45) is -1.36. The van der Waals surface area contributed by atoms with Gasteiger partial charge in [-0.2, -0.15) is 0 Å². The van der Waals surface area contributed by atoms with Crippen LogP contribution in [0.3, 0.4) is 0 Å². The molecular weight excluding hydrogens is 352 g/mol. The van der Waals surface area contributed by atoms with Crippen LogP contribution in [0.1, 0.15) is 34.5 Å². The van der Waals surface area contributed by atoms with Crippen LogP contribution in [0.25, 0.3) is 0 Å². The standard InChI is InChI=1S/C24H24O4/c1-18(25)20-12-14-22(15-13-20)27-17-23(26)24(21-10-6-3-7-11-21)28-16-19-8-4-2-5-9-19/h2-15,23-24,26H,16-17H2,1H3. The topological polar surface area (TPSA) is 55.8 Å². The molecule has 0 aliphatic heterocycles. The van der Waals surface area contributed by atoms with Crippen LogP contribution in [0.2, 0.25) is 0 Å². The molecule has 3 aromatic carbocycles. The lowest BCUT2D eigenvalue weighted by Crippen LogP contribution is -2.27. The molecule has 0 radical (unpaired) electrons. The predicted molar refractivity (Wildman–Crippen MR) is 108 cm³/mol. The number of rotatable bonds is 9. The van der Waals surface area contributed by atoms with E-state index in [1.807, 2.05) is 60.7 Å². The molecule has 0 heterocycles. The van der Waals surface area contributed by atoms with Crippen LogP contribution < -0.4 is 4.74 Å². The van der Waals surface area contributed by atoms with Gasteiger partial charge < -0.3 is 14.6 Å². The zero-order valence-electron chi connectivity index (χ0n) is 15.8. The van der Waals surface area contributed by atoms with Crippen LogP contribution in [0, 0.1) is 0 Å². The third-order valence-corrected chi connectivity index (χ3v) is 4.43. The maximum absolute atomic E-state index is 11.4. The Hall–Kier alpha value is -2.95. The van der Waals surface area contributed by atoms with Crippen molar-refractivity contribution in [2.45, 2.75) is 25.7 Å². The zero-order chi connectivity index (χ0) is 19.8. The molecule has 0 aromatic heterocycles. The molecule has 2 unspecified atom stereocenters. The zero-order valence-corrected chi connectivity index (χ0v) is 15.8. The highest BCUT2D eigenvalue weighted by molar-refractivity contribution is 5.94. The highest BCUT2D eigenvalue weighted by Gasteiger charge is 2.23. The van der Waals surface area contributed by atoms with E-state index in [-0.39, 0.29) is 12.4 Å². The molecular formula is C24H24O4. The third kappa shape index (κ3) is 5.52. The molecule has 4 nitrogen and oxygen atoms in total. The van der Waals surface area contributed by atoms with Gasteiger partial charge in [-0.15, -0.1) is 0 Å². The van der Waals surface area contributed by atoms with E-state index in [4.69, 9.17) is 9.47 Å². The van der Waals surface area contributed by atoms with Crippen LogP contribution in [-0.4, -0.2) is 23.6 Å². The fourth-order valence-electron chi connectivity index (χ4n) is 2.89. The first-order chi connectivity index (χ1) is 13.6. The van der Waals surface area contributed by atoms with E-state index in [2.05, 4.69) is 0 Å². The molecule has 0 bridgehead atoms. The Labute approximate surface area is 165 Å². The van der Waals surface area contributed by atoms with Crippen LogP contribution in [-0.2, 0) is 11.3 Å². The van der Waals surface area contributed by atoms with Crippen molar-refractivity contribution >= 4 is 5.78 Å². The lowest BCUT2D eigenvalue weighted by molar-refractivity contribution is -0.0633. The average molecular weight is 376 g/mol. The van der Waals surface area contributed by atoms with Crippen molar-refractivity contribution in [1.29, 1.82) is 0 Å². The van der Waals surface area contributed by atoms with Crippen molar-refractivity contribution in [3.8, 4) is 5.75 Å². The van der Waals surface area contributed by atoms with Gasteiger partial charge in [-0.25, -0.2) is 0 Å². The van der Waals surface area contributed by atoms with Gasteiger partial charge in [0.1, 0.15) is 24.6 Å². The predicted octanol–water partition coefficient (Wildman–Crippen LogP) is 4.59. The van der Waals surface area contributed by atoms with Crippen LogP contribution >= 0.6 is 0 Å². The Kier molecular flexibility index (Phi) is 6.95. The van der Waals surface area contributed by atoms with Crippen LogP contribution in [0.15, 0.2) is 84.9 Å². The highest BCUT2D eigenvalue weighted by atomic mass is 16.5. The summed E-state index contributed by atoms with van der Waals surface area (Å²) in [5.41, 5.74) is 2.55. The van der Waals surface area contributed by atoms with E-state index in [0.29, 0.717) is 17.9 Å². The fourth-order valence-corrected chi connectivity index (χ4v) is 2.89. The average Bonchev–Trinajstić information content (AvgIpc) is 2.74. The normalized spacial score (nSPS) is 12.9. The molecule has 3 aromatic rings. The van der Waals surface area contributed by atoms with E-state index in [9.17, 15) is 9.90 Å². The maximum atomic E-state index is 11.4. The van der Waals surface area contributed by atoms with Gasteiger partial charge in [0.2, 0.25) is 0 Å². The smallest absolute Gasteiger partial charge is 0.159 e. The minimum Gasteiger partial charge on any atom is -0.491 e. The van der Waals surface area contributed by atoms with E-state index >= 15 is 0 Å². The first-order valence-corrected chi connectivity index (χ1v) is 9.26. The maximum Gasteiger partial charge on any atom is 0.159 e. The van der Waals surface area contributed by atoms with Gasteiger partial charge in [-0.05, 0) is 42.3 Å². The van der Waals surface area contributed by atoms with Gasteiger partial charge >= 0.3 is 0 Å². The lowest BCUT2D eigenvalue weighted by Gasteiger charge is -2.24. The van der Waals surface area contributed by atoms with E-state index in [1.165, 1.54) is 6.92 Å². The number of benzene rings is 3. The Morgan fingerprint density at radius 2 is 1.50 bits per heavy atom. The summed E-state index contributed by atoms with van der Waals surface area (Å²) in [4.78, 5) is 11.4. The SMILES string of the molecule is CC(=O)c1ccc(OCC(O)C(OCc2ccccc2)c2ccccc2)cc1. The molecule has 3 rings (SSSR count). The molecule has 0 saturated carbocycles. The third-order valence-electron chi connectivity index (χ3n) is 4.43. The van der Waals surface area contributed by atoms with Crippen molar-refractivity contribution in [1.82, 2.24) is 0 Å². The number of aliphatic hydroxyl groups excluding tert-OH is 1. The summed E-state index contributed by atoms with van der Waals surface area (Å²) >= 11 is 0. The molecule has 0 amide bonds. The Morgan fingerprint density at radius 1 is 0.893 bits per heavy atom.